The van der Waals surface area contributed by atoms with E-state index < -0.39 is 0 Å². The van der Waals surface area contributed by atoms with Gasteiger partial charge in [-0.25, -0.2) is 0 Å². The molecule has 0 aromatic carbocycles. The molecular weight excluding hydrogens is 284 g/mol. The number of nitrogens with zero attached hydrogens (tertiary/aromatic N) is 3. The van der Waals surface area contributed by atoms with E-state index in [1.165, 1.54) is 11.3 Å². The van der Waals surface area contributed by atoms with Gasteiger partial charge in [-0.2, -0.15) is 5.10 Å². The van der Waals surface area contributed by atoms with E-state index in [1.807, 2.05) is 17.9 Å². The molecular formula is C15H22N4OS. The highest BCUT2D eigenvalue weighted by atomic mass is 32.1. The van der Waals surface area contributed by atoms with Gasteiger partial charge < -0.3 is 10.6 Å². The van der Waals surface area contributed by atoms with Crippen molar-refractivity contribution in [2.24, 2.45) is 5.92 Å². The summed E-state index contributed by atoms with van der Waals surface area (Å²) >= 11 is 1.33. The van der Waals surface area contributed by atoms with Crippen LogP contribution in [0.25, 0.3) is 10.2 Å². The summed E-state index contributed by atoms with van der Waals surface area (Å²) in [6.07, 6.45) is 3.75. The maximum absolute atomic E-state index is 12.7. The zero-order valence-electron chi connectivity index (χ0n) is 12.8. The van der Waals surface area contributed by atoms with E-state index in [0.717, 1.165) is 29.6 Å². The fourth-order valence-corrected chi connectivity index (χ4v) is 3.40. The second-order valence-corrected chi connectivity index (χ2v) is 6.12. The Kier molecular flexibility index (Phi) is 5.12. The first-order valence-corrected chi connectivity index (χ1v) is 8.22. The first-order chi connectivity index (χ1) is 10.1. The molecule has 0 aliphatic heterocycles. The van der Waals surface area contributed by atoms with E-state index in [9.17, 15) is 4.79 Å². The van der Waals surface area contributed by atoms with Gasteiger partial charge in [-0.3, -0.25) is 4.79 Å². The topological polar surface area (TPSA) is 72.1 Å². The van der Waals surface area contributed by atoms with E-state index in [2.05, 4.69) is 24.0 Å². The molecule has 2 heterocycles. The van der Waals surface area contributed by atoms with Crippen LogP contribution < -0.4 is 5.73 Å². The molecule has 0 atom stereocenters. The number of hydrogen-bond donors (Lipinski definition) is 1. The van der Waals surface area contributed by atoms with Crippen LogP contribution in [0.4, 0.5) is 5.69 Å². The van der Waals surface area contributed by atoms with Crippen LogP contribution >= 0.6 is 11.3 Å². The van der Waals surface area contributed by atoms with Crippen molar-refractivity contribution >= 4 is 33.1 Å². The maximum atomic E-state index is 12.7. The Hall–Kier alpha value is -1.69. The summed E-state index contributed by atoms with van der Waals surface area (Å²) < 4.78 is 0. The van der Waals surface area contributed by atoms with Crippen LogP contribution in [0.1, 0.15) is 43.3 Å². The zero-order valence-corrected chi connectivity index (χ0v) is 13.6. The fourth-order valence-electron chi connectivity index (χ4n) is 2.39. The van der Waals surface area contributed by atoms with E-state index in [4.69, 9.17) is 5.73 Å². The fraction of sp³-hybridized carbons (Fsp3) is 0.533. The lowest BCUT2D eigenvalue weighted by Crippen LogP contribution is -2.35. The average molecular weight is 306 g/mol. The minimum absolute atomic E-state index is 0.00454. The highest BCUT2D eigenvalue weighted by molar-refractivity contribution is 7.21. The summed E-state index contributed by atoms with van der Waals surface area (Å²) in [5.74, 6) is 0.536. The SMILES string of the molecule is CCC(CC)CN(CC)C(=O)c1sc2nnccc2c1N. The smallest absolute Gasteiger partial charge is 0.266 e. The van der Waals surface area contributed by atoms with Crippen LogP contribution in [-0.4, -0.2) is 34.1 Å². The predicted molar refractivity (Wildman–Crippen MR) is 87.5 cm³/mol. The van der Waals surface area contributed by atoms with Gasteiger partial charge >= 0.3 is 0 Å². The van der Waals surface area contributed by atoms with Crippen molar-refractivity contribution in [2.45, 2.75) is 33.6 Å². The average Bonchev–Trinajstić information content (AvgIpc) is 2.86. The van der Waals surface area contributed by atoms with E-state index in [0.29, 0.717) is 23.0 Å². The quantitative estimate of drug-likeness (QED) is 0.889. The number of carbonyl (C=O) groups is 1. The van der Waals surface area contributed by atoms with Crippen LogP contribution in [0.15, 0.2) is 12.3 Å². The Labute approximate surface area is 129 Å². The van der Waals surface area contributed by atoms with Gasteiger partial charge in [0.1, 0.15) is 9.71 Å². The molecule has 2 aromatic rings. The number of hydrogen-bond acceptors (Lipinski definition) is 5. The Morgan fingerprint density at radius 2 is 2.10 bits per heavy atom. The van der Waals surface area contributed by atoms with E-state index in [1.54, 1.807) is 6.20 Å². The van der Waals surface area contributed by atoms with Crippen LogP contribution in [0.2, 0.25) is 0 Å². The summed E-state index contributed by atoms with van der Waals surface area (Å²) in [5.41, 5.74) is 6.65. The minimum Gasteiger partial charge on any atom is -0.397 e. The van der Waals surface area contributed by atoms with Crippen molar-refractivity contribution in [1.82, 2.24) is 15.1 Å². The summed E-state index contributed by atoms with van der Waals surface area (Å²) in [5, 5.41) is 8.70. The van der Waals surface area contributed by atoms with Gasteiger partial charge in [0.05, 0.1) is 11.9 Å². The molecule has 2 aromatic heterocycles. The molecule has 0 unspecified atom stereocenters. The first-order valence-electron chi connectivity index (χ1n) is 7.41. The molecule has 2 rings (SSSR count). The molecule has 0 saturated carbocycles. The molecule has 0 aliphatic rings. The van der Waals surface area contributed by atoms with Crippen molar-refractivity contribution in [3.63, 3.8) is 0 Å². The van der Waals surface area contributed by atoms with Crippen LogP contribution in [0.3, 0.4) is 0 Å². The van der Waals surface area contributed by atoms with Gasteiger partial charge in [0.25, 0.3) is 5.91 Å². The van der Waals surface area contributed by atoms with Gasteiger partial charge in [-0.1, -0.05) is 26.7 Å². The Bertz CT molecular complexity index is 621. The molecule has 21 heavy (non-hydrogen) atoms. The lowest BCUT2D eigenvalue weighted by molar-refractivity contribution is 0.0741. The molecule has 0 saturated heterocycles. The highest BCUT2D eigenvalue weighted by Crippen LogP contribution is 2.32. The number of amides is 1. The zero-order chi connectivity index (χ0) is 15.4. The van der Waals surface area contributed by atoms with Crippen molar-refractivity contribution in [1.29, 1.82) is 0 Å². The number of carbonyl (C=O) groups excluding carboxylic acids is 1. The van der Waals surface area contributed by atoms with Gasteiger partial charge in [-0.05, 0) is 18.9 Å². The second kappa shape index (κ2) is 6.85. The Balaban J connectivity index is 2.29. The maximum Gasteiger partial charge on any atom is 0.266 e. The van der Waals surface area contributed by atoms with Crippen LogP contribution in [0, 0.1) is 5.92 Å². The van der Waals surface area contributed by atoms with Gasteiger partial charge in [-0.15, -0.1) is 16.4 Å². The molecule has 114 valence electrons. The lowest BCUT2D eigenvalue weighted by atomic mass is 10.0. The third kappa shape index (κ3) is 3.15. The minimum atomic E-state index is 0.00454. The third-order valence-electron chi connectivity index (χ3n) is 3.92. The number of nitrogen functional groups attached to an aromatic ring is 1. The van der Waals surface area contributed by atoms with Gasteiger partial charge in [0, 0.05) is 18.5 Å². The standard InChI is InChI=1S/C15H22N4OS/c1-4-10(5-2)9-19(6-3)15(20)13-12(16)11-7-8-17-18-14(11)21-13/h7-8,10H,4-6,9,16H2,1-3H3. The van der Waals surface area contributed by atoms with Gasteiger partial charge in [0.2, 0.25) is 0 Å². The summed E-state index contributed by atoms with van der Waals surface area (Å²) in [7, 11) is 0. The Morgan fingerprint density at radius 1 is 1.38 bits per heavy atom. The summed E-state index contributed by atoms with van der Waals surface area (Å²) in [4.78, 5) is 15.9. The van der Waals surface area contributed by atoms with Crippen molar-refractivity contribution in [2.75, 3.05) is 18.8 Å². The predicted octanol–water partition coefficient (Wildman–Crippen LogP) is 3.17. The molecule has 0 aliphatic carbocycles. The molecule has 5 nitrogen and oxygen atoms in total. The largest absolute Gasteiger partial charge is 0.397 e. The number of fused-ring (bicyclic) bond motifs is 1. The Morgan fingerprint density at radius 3 is 2.67 bits per heavy atom. The number of anilines is 1. The van der Waals surface area contributed by atoms with Crippen molar-refractivity contribution in [3.8, 4) is 0 Å². The molecule has 0 radical (unpaired) electrons. The van der Waals surface area contributed by atoms with Crippen LogP contribution in [0.5, 0.6) is 0 Å². The normalized spacial score (nSPS) is 11.2. The number of thiophene rings is 1. The van der Waals surface area contributed by atoms with Crippen molar-refractivity contribution in [3.05, 3.63) is 17.1 Å². The molecule has 2 N–H and O–H groups in total. The lowest BCUT2D eigenvalue weighted by Gasteiger charge is -2.25. The number of rotatable bonds is 6. The molecule has 6 heteroatoms. The molecule has 0 fully saturated rings. The summed E-state index contributed by atoms with van der Waals surface area (Å²) in [6, 6.07) is 1.81. The molecule has 0 spiro atoms. The monoisotopic (exact) mass is 306 g/mol. The molecule has 0 bridgehead atoms. The van der Waals surface area contributed by atoms with Crippen molar-refractivity contribution < 1.29 is 4.79 Å². The number of nitrogens with two attached hydrogens (primary N) is 1. The van der Waals surface area contributed by atoms with E-state index >= 15 is 0 Å². The highest BCUT2D eigenvalue weighted by Gasteiger charge is 2.23. The third-order valence-corrected chi connectivity index (χ3v) is 5.01. The van der Waals surface area contributed by atoms with Crippen LogP contribution in [-0.2, 0) is 0 Å². The van der Waals surface area contributed by atoms with E-state index in [-0.39, 0.29) is 5.91 Å². The molecule has 1 amide bonds. The second-order valence-electron chi connectivity index (χ2n) is 5.12. The van der Waals surface area contributed by atoms with Gasteiger partial charge in [0.15, 0.2) is 0 Å². The first kappa shape index (κ1) is 15.7. The summed E-state index contributed by atoms with van der Waals surface area (Å²) in [6.45, 7) is 7.80. The number of aromatic nitrogens is 2.